The van der Waals surface area contributed by atoms with Gasteiger partial charge in [-0.25, -0.2) is 0 Å². The van der Waals surface area contributed by atoms with Gasteiger partial charge in [0.1, 0.15) is 6.20 Å². The zero-order valence-electron chi connectivity index (χ0n) is 8.62. The van der Waals surface area contributed by atoms with Crippen molar-refractivity contribution in [1.29, 1.82) is 0 Å². The summed E-state index contributed by atoms with van der Waals surface area (Å²) in [5.41, 5.74) is 2.08. The lowest BCUT2D eigenvalue weighted by atomic mass is 10.1. The monoisotopic (exact) mass is 215 g/mol. The number of rotatable bonds is 2. The fourth-order valence-electron chi connectivity index (χ4n) is 1.44. The molecular formula is C11H9N3O2. The summed E-state index contributed by atoms with van der Waals surface area (Å²) in [6, 6.07) is 5.25. The molecule has 0 saturated carbocycles. The van der Waals surface area contributed by atoms with Gasteiger partial charge in [0.15, 0.2) is 0 Å². The number of aromatic nitrogens is 2. The van der Waals surface area contributed by atoms with Crippen LogP contribution >= 0.6 is 0 Å². The van der Waals surface area contributed by atoms with E-state index in [0.717, 1.165) is 5.56 Å². The highest BCUT2D eigenvalue weighted by molar-refractivity contribution is 5.70. The van der Waals surface area contributed by atoms with Crippen LogP contribution in [-0.2, 0) is 0 Å². The Labute approximate surface area is 91.9 Å². The van der Waals surface area contributed by atoms with Gasteiger partial charge in [-0.2, -0.15) is 0 Å². The highest BCUT2D eigenvalue weighted by Crippen LogP contribution is 2.27. The highest BCUT2D eigenvalue weighted by atomic mass is 16.6. The topological polar surface area (TPSA) is 68.9 Å². The molecule has 2 heterocycles. The predicted octanol–water partition coefficient (Wildman–Crippen LogP) is 2.36. The summed E-state index contributed by atoms with van der Waals surface area (Å²) in [5, 5.41) is 10.8. The van der Waals surface area contributed by atoms with Gasteiger partial charge in [0.05, 0.1) is 5.56 Å². The molecule has 0 aliphatic heterocycles. The Morgan fingerprint density at radius 2 is 2.19 bits per heavy atom. The minimum atomic E-state index is -0.484. The molecule has 2 aromatic rings. The first-order valence-electron chi connectivity index (χ1n) is 4.70. The van der Waals surface area contributed by atoms with Gasteiger partial charge >= 0.3 is 5.82 Å². The van der Waals surface area contributed by atoms with Crippen molar-refractivity contribution in [1.82, 2.24) is 9.97 Å². The van der Waals surface area contributed by atoms with Crippen LogP contribution in [-0.4, -0.2) is 14.9 Å². The average molecular weight is 215 g/mol. The molecule has 0 unspecified atom stereocenters. The molecule has 80 valence electrons. The lowest BCUT2D eigenvalue weighted by molar-refractivity contribution is -0.388. The summed E-state index contributed by atoms with van der Waals surface area (Å²) in [6.07, 6.45) is 4.69. The van der Waals surface area contributed by atoms with Crippen LogP contribution in [0.15, 0.2) is 36.8 Å². The molecule has 0 aliphatic rings. The molecule has 2 rings (SSSR count). The molecule has 0 saturated heterocycles. The Hall–Kier alpha value is -2.30. The maximum atomic E-state index is 10.8. The summed E-state index contributed by atoms with van der Waals surface area (Å²) in [7, 11) is 0. The van der Waals surface area contributed by atoms with Crippen molar-refractivity contribution >= 4 is 5.82 Å². The molecule has 0 bridgehead atoms. The average Bonchev–Trinajstić information content (AvgIpc) is 2.29. The van der Waals surface area contributed by atoms with E-state index in [1.807, 2.05) is 6.92 Å². The number of pyridine rings is 2. The van der Waals surface area contributed by atoms with Crippen LogP contribution in [0.1, 0.15) is 5.56 Å². The van der Waals surface area contributed by atoms with Crippen LogP contribution in [0.3, 0.4) is 0 Å². The number of nitrogens with zero attached hydrogens (tertiary/aromatic N) is 3. The van der Waals surface area contributed by atoms with Crippen molar-refractivity contribution in [2.75, 3.05) is 0 Å². The quantitative estimate of drug-likeness (QED) is 0.569. The summed E-state index contributed by atoms with van der Waals surface area (Å²) in [4.78, 5) is 18.1. The van der Waals surface area contributed by atoms with Crippen molar-refractivity contribution in [2.45, 2.75) is 6.92 Å². The van der Waals surface area contributed by atoms with Crippen molar-refractivity contribution in [2.24, 2.45) is 0 Å². The van der Waals surface area contributed by atoms with E-state index < -0.39 is 4.92 Å². The van der Waals surface area contributed by atoms with E-state index in [-0.39, 0.29) is 5.82 Å². The van der Waals surface area contributed by atoms with Gasteiger partial charge in [-0.3, -0.25) is 4.98 Å². The van der Waals surface area contributed by atoms with Crippen LogP contribution in [0.4, 0.5) is 5.82 Å². The first-order valence-corrected chi connectivity index (χ1v) is 4.70. The second-order valence-electron chi connectivity index (χ2n) is 3.38. The molecule has 16 heavy (non-hydrogen) atoms. The van der Waals surface area contributed by atoms with E-state index in [1.165, 1.54) is 6.20 Å². The predicted molar refractivity (Wildman–Crippen MR) is 58.9 cm³/mol. The molecule has 0 N–H and O–H groups in total. The maximum absolute atomic E-state index is 10.8. The molecule has 0 fully saturated rings. The van der Waals surface area contributed by atoms with Gasteiger partial charge in [-0.05, 0) is 34.5 Å². The van der Waals surface area contributed by atoms with Crippen molar-refractivity contribution in [3.8, 4) is 11.1 Å². The van der Waals surface area contributed by atoms with E-state index in [2.05, 4.69) is 9.97 Å². The number of hydrogen-bond donors (Lipinski definition) is 0. The first kappa shape index (κ1) is 10.2. The third-order valence-electron chi connectivity index (χ3n) is 2.15. The molecule has 0 radical (unpaired) electrons. The summed E-state index contributed by atoms with van der Waals surface area (Å²) >= 11 is 0. The minimum absolute atomic E-state index is 0.140. The van der Waals surface area contributed by atoms with E-state index in [0.29, 0.717) is 11.1 Å². The zero-order chi connectivity index (χ0) is 11.5. The second-order valence-corrected chi connectivity index (χ2v) is 3.38. The standard InChI is InChI=1S/C11H9N3O2/c1-8-5-10(9-3-2-4-12-7-9)11(13-6-8)14(15)16/h2-7H,1H3. The van der Waals surface area contributed by atoms with Crippen LogP contribution in [0.25, 0.3) is 11.1 Å². The van der Waals surface area contributed by atoms with E-state index >= 15 is 0 Å². The van der Waals surface area contributed by atoms with Gasteiger partial charge in [0.2, 0.25) is 0 Å². The van der Waals surface area contributed by atoms with Crippen molar-refractivity contribution in [3.63, 3.8) is 0 Å². The number of hydrogen-bond acceptors (Lipinski definition) is 4. The lowest BCUT2D eigenvalue weighted by Crippen LogP contribution is -1.96. The van der Waals surface area contributed by atoms with Gasteiger partial charge in [0, 0.05) is 18.0 Å². The van der Waals surface area contributed by atoms with Crippen LogP contribution in [0.2, 0.25) is 0 Å². The van der Waals surface area contributed by atoms with Gasteiger partial charge < -0.3 is 10.1 Å². The van der Waals surface area contributed by atoms with Crippen LogP contribution < -0.4 is 0 Å². The number of aryl methyl sites for hydroxylation is 1. The molecular weight excluding hydrogens is 206 g/mol. The minimum Gasteiger partial charge on any atom is -0.358 e. The Kier molecular flexibility index (Phi) is 2.59. The maximum Gasteiger partial charge on any atom is 0.371 e. The Morgan fingerprint density at radius 3 is 2.81 bits per heavy atom. The van der Waals surface area contributed by atoms with Crippen LogP contribution in [0, 0.1) is 17.0 Å². The third-order valence-corrected chi connectivity index (χ3v) is 2.15. The van der Waals surface area contributed by atoms with Gasteiger partial charge in [-0.1, -0.05) is 6.07 Å². The van der Waals surface area contributed by atoms with Gasteiger partial charge in [-0.15, -0.1) is 0 Å². The smallest absolute Gasteiger partial charge is 0.358 e. The molecule has 5 heteroatoms. The lowest BCUT2D eigenvalue weighted by Gasteiger charge is -2.02. The molecule has 0 atom stereocenters. The fourth-order valence-corrected chi connectivity index (χ4v) is 1.44. The van der Waals surface area contributed by atoms with E-state index in [9.17, 15) is 10.1 Å². The second kappa shape index (κ2) is 4.06. The van der Waals surface area contributed by atoms with Gasteiger partial charge in [0.25, 0.3) is 0 Å². The SMILES string of the molecule is Cc1cnc([N+](=O)[O-])c(-c2cccnc2)c1. The third kappa shape index (κ3) is 1.88. The normalized spacial score (nSPS) is 10.1. The zero-order valence-corrected chi connectivity index (χ0v) is 8.62. The highest BCUT2D eigenvalue weighted by Gasteiger charge is 2.16. The molecule has 0 spiro atoms. The molecule has 2 aromatic heterocycles. The largest absolute Gasteiger partial charge is 0.371 e. The summed E-state index contributed by atoms with van der Waals surface area (Å²) in [5.74, 6) is -0.140. The van der Waals surface area contributed by atoms with E-state index in [1.54, 1.807) is 30.6 Å². The summed E-state index contributed by atoms with van der Waals surface area (Å²) < 4.78 is 0. The van der Waals surface area contributed by atoms with E-state index in [4.69, 9.17) is 0 Å². The molecule has 0 amide bonds. The summed E-state index contributed by atoms with van der Waals surface area (Å²) in [6.45, 7) is 1.84. The Bertz CT molecular complexity index is 526. The molecule has 5 nitrogen and oxygen atoms in total. The fraction of sp³-hybridized carbons (Fsp3) is 0.0909. The van der Waals surface area contributed by atoms with Crippen molar-refractivity contribution < 1.29 is 4.92 Å². The molecule has 0 aliphatic carbocycles. The molecule has 0 aromatic carbocycles. The van der Waals surface area contributed by atoms with Crippen molar-refractivity contribution in [3.05, 3.63) is 52.5 Å². The first-order chi connectivity index (χ1) is 7.68. The Balaban J connectivity index is 2.63. The Morgan fingerprint density at radius 1 is 1.38 bits per heavy atom. The number of nitro groups is 1. The van der Waals surface area contributed by atoms with Crippen LogP contribution in [0.5, 0.6) is 0 Å².